The zero-order valence-corrected chi connectivity index (χ0v) is 11.9. The summed E-state index contributed by atoms with van der Waals surface area (Å²) in [6.07, 6.45) is 1.72. The topological polar surface area (TPSA) is 51.7 Å². The van der Waals surface area contributed by atoms with E-state index in [2.05, 4.69) is 4.98 Å². The van der Waals surface area contributed by atoms with E-state index >= 15 is 0 Å². The minimum absolute atomic E-state index is 0.177. The number of hydrogen-bond acceptors (Lipinski definition) is 5. The van der Waals surface area contributed by atoms with Crippen LogP contribution in [0.3, 0.4) is 0 Å². The van der Waals surface area contributed by atoms with Gasteiger partial charge in [-0.3, -0.25) is 4.79 Å². The van der Waals surface area contributed by atoms with E-state index in [9.17, 15) is 4.79 Å². The van der Waals surface area contributed by atoms with Crippen LogP contribution in [0.4, 0.5) is 5.82 Å². The van der Waals surface area contributed by atoms with Crippen molar-refractivity contribution in [1.29, 1.82) is 0 Å². The van der Waals surface area contributed by atoms with E-state index in [1.54, 1.807) is 13.3 Å². The number of pyridine rings is 1. The van der Waals surface area contributed by atoms with Crippen LogP contribution in [0.5, 0.6) is 5.75 Å². The third kappa shape index (κ3) is 2.66. The minimum Gasteiger partial charge on any atom is -0.496 e. The molecule has 1 heterocycles. The predicted molar refractivity (Wildman–Crippen MR) is 78.2 cm³/mol. The largest absolute Gasteiger partial charge is 0.496 e. The molecule has 0 saturated heterocycles. The molecule has 0 radical (unpaired) electrons. The molecule has 1 aromatic carbocycles. The number of anilines is 1. The van der Waals surface area contributed by atoms with Crippen molar-refractivity contribution in [2.75, 3.05) is 32.2 Å². The molecule has 5 nitrogen and oxygen atoms in total. The summed E-state index contributed by atoms with van der Waals surface area (Å²) < 4.78 is 10.1. The number of likely N-dealkylation sites (N-methyl/N-ethyl adjacent to an activating group) is 1. The third-order valence-corrected chi connectivity index (χ3v) is 3.19. The van der Waals surface area contributed by atoms with Gasteiger partial charge in [0.25, 0.3) is 0 Å². The summed E-state index contributed by atoms with van der Waals surface area (Å²) in [4.78, 5) is 17.8. The first-order valence-corrected chi connectivity index (χ1v) is 6.44. The lowest BCUT2D eigenvalue weighted by Crippen LogP contribution is -2.31. The second kappa shape index (κ2) is 6.23. The third-order valence-electron chi connectivity index (χ3n) is 3.19. The van der Waals surface area contributed by atoms with Gasteiger partial charge in [-0.2, -0.15) is 0 Å². The molecule has 2 rings (SSSR count). The van der Waals surface area contributed by atoms with Crippen LogP contribution in [-0.2, 0) is 9.53 Å². The Morgan fingerprint density at radius 3 is 2.70 bits per heavy atom. The maximum absolute atomic E-state index is 11.5. The molecule has 0 aliphatic rings. The molecule has 0 amide bonds. The van der Waals surface area contributed by atoms with Gasteiger partial charge in [-0.15, -0.1) is 0 Å². The van der Waals surface area contributed by atoms with Gasteiger partial charge < -0.3 is 14.4 Å². The van der Waals surface area contributed by atoms with Gasteiger partial charge in [-0.25, -0.2) is 4.98 Å². The molecular weight excluding hydrogens is 256 g/mol. The first-order chi connectivity index (χ1) is 9.71. The van der Waals surface area contributed by atoms with Crippen molar-refractivity contribution in [3.63, 3.8) is 0 Å². The SMILES string of the molecule is CCN(CC(=O)OC)c1nccc2c(OC)cccc12. The molecule has 0 unspecified atom stereocenters. The van der Waals surface area contributed by atoms with Crippen molar-refractivity contribution in [3.05, 3.63) is 30.5 Å². The fraction of sp³-hybridized carbons (Fsp3) is 0.333. The van der Waals surface area contributed by atoms with E-state index in [1.165, 1.54) is 7.11 Å². The van der Waals surface area contributed by atoms with Crippen LogP contribution in [-0.4, -0.2) is 38.3 Å². The van der Waals surface area contributed by atoms with Crippen molar-refractivity contribution in [2.24, 2.45) is 0 Å². The van der Waals surface area contributed by atoms with Crippen LogP contribution in [0.1, 0.15) is 6.92 Å². The second-order valence-electron chi connectivity index (χ2n) is 4.28. The molecule has 20 heavy (non-hydrogen) atoms. The Labute approximate surface area is 118 Å². The van der Waals surface area contributed by atoms with Gasteiger partial charge in [0.1, 0.15) is 18.1 Å². The Morgan fingerprint density at radius 1 is 1.25 bits per heavy atom. The smallest absolute Gasteiger partial charge is 0.325 e. The molecule has 2 aromatic rings. The van der Waals surface area contributed by atoms with Crippen molar-refractivity contribution in [3.8, 4) is 5.75 Å². The number of esters is 1. The average Bonchev–Trinajstić information content (AvgIpc) is 2.51. The fourth-order valence-electron chi connectivity index (χ4n) is 2.15. The Bertz CT molecular complexity index is 613. The Kier molecular flexibility index (Phi) is 4.40. The maximum Gasteiger partial charge on any atom is 0.325 e. The summed E-state index contributed by atoms with van der Waals surface area (Å²) in [7, 11) is 3.02. The zero-order valence-electron chi connectivity index (χ0n) is 11.9. The Hall–Kier alpha value is -2.30. The van der Waals surface area contributed by atoms with Crippen LogP contribution in [0.15, 0.2) is 30.5 Å². The van der Waals surface area contributed by atoms with Crippen LogP contribution in [0.2, 0.25) is 0 Å². The number of nitrogens with zero attached hydrogens (tertiary/aromatic N) is 2. The van der Waals surface area contributed by atoms with Gasteiger partial charge in [0, 0.05) is 23.5 Å². The lowest BCUT2D eigenvalue weighted by atomic mass is 10.1. The van der Waals surface area contributed by atoms with Crippen LogP contribution in [0.25, 0.3) is 10.8 Å². The standard InChI is InChI=1S/C15H18N2O3/c1-4-17(10-14(18)20-3)15-12-6-5-7-13(19-2)11(12)8-9-16-15/h5-9H,4,10H2,1-3H3. The molecular formula is C15H18N2O3. The molecule has 106 valence electrons. The normalized spacial score (nSPS) is 10.3. The maximum atomic E-state index is 11.5. The van der Waals surface area contributed by atoms with E-state index in [0.29, 0.717) is 6.54 Å². The highest BCUT2D eigenvalue weighted by atomic mass is 16.5. The number of fused-ring (bicyclic) bond motifs is 1. The molecule has 0 aliphatic carbocycles. The molecule has 0 fully saturated rings. The van der Waals surface area contributed by atoms with Crippen LogP contribution >= 0.6 is 0 Å². The van der Waals surface area contributed by atoms with Crippen molar-refractivity contribution < 1.29 is 14.3 Å². The second-order valence-corrected chi connectivity index (χ2v) is 4.28. The van der Waals surface area contributed by atoms with Crippen molar-refractivity contribution >= 4 is 22.6 Å². The summed E-state index contributed by atoms with van der Waals surface area (Å²) in [6, 6.07) is 7.70. The van der Waals surface area contributed by atoms with Crippen LogP contribution < -0.4 is 9.64 Å². The van der Waals surface area contributed by atoms with Gasteiger partial charge in [0.05, 0.1) is 14.2 Å². The molecule has 0 bridgehead atoms. The first kappa shape index (κ1) is 14.1. The molecule has 1 aromatic heterocycles. The Morgan fingerprint density at radius 2 is 2.05 bits per heavy atom. The number of rotatable bonds is 5. The monoisotopic (exact) mass is 274 g/mol. The number of benzene rings is 1. The highest BCUT2D eigenvalue weighted by molar-refractivity contribution is 5.97. The summed E-state index contributed by atoms with van der Waals surface area (Å²) in [6.45, 7) is 2.82. The molecule has 0 aliphatic heterocycles. The lowest BCUT2D eigenvalue weighted by molar-refractivity contribution is -0.138. The Balaban J connectivity index is 2.50. The number of ether oxygens (including phenoxy) is 2. The van der Waals surface area contributed by atoms with Gasteiger partial charge in [-0.05, 0) is 19.1 Å². The summed E-state index contributed by atoms with van der Waals surface area (Å²) in [5.41, 5.74) is 0. The molecule has 0 atom stereocenters. The van der Waals surface area contributed by atoms with Crippen molar-refractivity contribution in [2.45, 2.75) is 6.92 Å². The van der Waals surface area contributed by atoms with E-state index in [4.69, 9.17) is 9.47 Å². The van der Waals surface area contributed by atoms with Gasteiger partial charge >= 0.3 is 5.97 Å². The van der Waals surface area contributed by atoms with E-state index in [0.717, 1.165) is 22.3 Å². The summed E-state index contributed by atoms with van der Waals surface area (Å²) in [5.74, 6) is 1.27. The first-order valence-electron chi connectivity index (χ1n) is 6.44. The molecule has 0 spiro atoms. The molecule has 0 saturated carbocycles. The van der Waals surface area contributed by atoms with Crippen molar-refractivity contribution in [1.82, 2.24) is 4.98 Å². The molecule has 5 heteroatoms. The fourth-order valence-corrected chi connectivity index (χ4v) is 2.15. The number of carbonyl (C=O) groups excluding carboxylic acids is 1. The lowest BCUT2D eigenvalue weighted by Gasteiger charge is -2.22. The predicted octanol–water partition coefficient (Wildman–Crippen LogP) is 2.24. The number of hydrogen-bond donors (Lipinski definition) is 0. The van der Waals surface area contributed by atoms with Gasteiger partial charge in [0.2, 0.25) is 0 Å². The zero-order chi connectivity index (χ0) is 14.5. The van der Waals surface area contributed by atoms with E-state index < -0.39 is 0 Å². The molecule has 0 N–H and O–H groups in total. The summed E-state index contributed by atoms with van der Waals surface area (Å²) >= 11 is 0. The van der Waals surface area contributed by atoms with Gasteiger partial charge in [-0.1, -0.05) is 12.1 Å². The highest BCUT2D eigenvalue weighted by Crippen LogP contribution is 2.30. The number of methoxy groups -OCH3 is 2. The summed E-state index contributed by atoms with van der Waals surface area (Å²) in [5, 5.41) is 1.93. The van der Waals surface area contributed by atoms with E-state index in [1.807, 2.05) is 36.1 Å². The van der Waals surface area contributed by atoms with Gasteiger partial charge in [0.15, 0.2) is 0 Å². The minimum atomic E-state index is -0.284. The number of carbonyl (C=O) groups is 1. The van der Waals surface area contributed by atoms with E-state index in [-0.39, 0.29) is 12.5 Å². The quantitative estimate of drug-likeness (QED) is 0.783. The van der Waals surface area contributed by atoms with Crippen LogP contribution in [0, 0.1) is 0 Å². The number of aromatic nitrogens is 1. The highest BCUT2D eigenvalue weighted by Gasteiger charge is 2.15. The average molecular weight is 274 g/mol.